The summed E-state index contributed by atoms with van der Waals surface area (Å²) < 4.78 is 38.1. The fourth-order valence-corrected chi connectivity index (χ4v) is 3.54. The highest BCUT2D eigenvalue weighted by molar-refractivity contribution is 7.87. The van der Waals surface area contributed by atoms with E-state index in [0.717, 1.165) is 0 Å². The molecular weight excluding hydrogens is 275 g/mol. The zero-order chi connectivity index (χ0) is 12.3. The van der Waals surface area contributed by atoms with Crippen LogP contribution < -0.4 is 0 Å². The molecule has 0 saturated carbocycles. The molecule has 0 aliphatic carbocycles. The average Bonchev–Trinajstić information content (AvgIpc) is 2.14. The molecule has 0 aliphatic rings. The molecule has 16 heavy (non-hydrogen) atoms. The average molecular weight is 285 g/mol. The molecule has 0 radical (unpaired) electrons. The summed E-state index contributed by atoms with van der Waals surface area (Å²) in [6, 6.07) is 4.57. The van der Waals surface area contributed by atoms with Crippen molar-refractivity contribution < 1.29 is 22.1 Å². The van der Waals surface area contributed by atoms with E-state index in [9.17, 15) is 13.0 Å². The lowest BCUT2D eigenvalue weighted by Crippen LogP contribution is -2.08. The molecule has 0 aliphatic heterocycles. The van der Waals surface area contributed by atoms with E-state index >= 15 is 0 Å². The zero-order valence-corrected chi connectivity index (χ0v) is 10.9. The van der Waals surface area contributed by atoms with Gasteiger partial charge in [0.25, 0.3) is 10.1 Å². The maximum Gasteiger partial charge on any atom is 0.299 e. The first-order valence-corrected chi connectivity index (χ1v) is 7.56. The summed E-state index contributed by atoms with van der Waals surface area (Å²) in [5, 5.41) is 0.0256. The van der Waals surface area contributed by atoms with Crippen LogP contribution in [0.2, 0.25) is 5.02 Å². The van der Waals surface area contributed by atoms with Crippen molar-refractivity contribution in [1.29, 1.82) is 0 Å². The molecule has 1 N–H and O–H groups in total. The summed E-state index contributed by atoms with van der Waals surface area (Å²) in [6.45, 7) is 1.56. The Balaban J connectivity index is 3.12. The van der Waals surface area contributed by atoms with Gasteiger partial charge in [0, 0.05) is 0 Å². The normalized spacial score (nSPS) is 13.7. The summed E-state index contributed by atoms with van der Waals surface area (Å²) >= 11 is 5.74. The SMILES string of the molecule is Cc1cccc(Cl)c1S(=O)(=O)OC[PH](=O)O. The van der Waals surface area contributed by atoms with E-state index in [0.29, 0.717) is 5.56 Å². The third-order valence-electron chi connectivity index (χ3n) is 1.75. The molecule has 8 heteroatoms. The number of benzene rings is 1. The molecule has 1 atom stereocenters. The van der Waals surface area contributed by atoms with Gasteiger partial charge in [-0.2, -0.15) is 8.42 Å². The van der Waals surface area contributed by atoms with Gasteiger partial charge in [-0.15, -0.1) is 0 Å². The molecule has 1 aromatic rings. The van der Waals surface area contributed by atoms with Crippen molar-refractivity contribution in [2.75, 3.05) is 6.35 Å². The lowest BCUT2D eigenvalue weighted by Gasteiger charge is -2.08. The molecular formula is C8H10ClO5PS. The molecule has 1 aromatic carbocycles. The number of aryl methyl sites for hydroxylation is 1. The Kier molecular flexibility index (Phi) is 4.52. The van der Waals surface area contributed by atoms with Crippen LogP contribution >= 0.6 is 19.6 Å². The maximum atomic E-state index is 11.6. The number of halogens is 1. The van der Waals surface area contributed by atoms with E-state index in [2.05, 4.69) is 4.18 Å². The maximum absolute atomic E-state index is 11.6. The van der Waals surface area contributed by atoms with Crippen molar-refractivity contribution in [3.05, 3.63) is 28.8 Å². The lowest BCUT2D eigenvalue weighted by atomic mass is 10.2. The van der Waals surface area contributed by atoms with Crippen molar-refractivity contribution in [3.63, 3.8) is 0 Å². The molecule has 0 saturated heterocycles. The monoisotopic (exact) mass is 284 g/mol. The van der Waals surface area contributed by atoms with Crippen LogP contribution in [-0.2, 0) is 18.9 Å². The minimum atomic E-state index is -4.08. The Bertz CT molecular complexity index is 493. The first-order chi connectivity index (χ1) is 7.34. The van der Waals surface area contributed by atoms with Crippen LogP contribution in [0.5, 0.6) is 0 Å². The second kappa shape index (κ2) is 5.29. The smallest absolute Gasteiger partial charge is 0.299 e. The second-order valence-electron chi connectivity index (χ2n) is 3.00. The lowest BCUT2D eigenvalue weighted by molar-refractivity contribution is 0.355. The van der Waals surface area contributed by atoms with Crippen LogP contribution in [-0.4, -0.2) is 19.7 Å². The molecule has 0 heterocycles. The minimum Gasteiger partial charge on any atom is -0.345 e. The number of hydrogen-bond acceptors (Lipinski definition) is 4. The minimum absolute atomic E-state index is 0.0256. The van der Waals surface area contributed by atoms with Gasteiger partial charge < -0.3 is 4.89 Å². The van der Waals surface area contributed by atoms with Gasteiger partial charge in [0.15, 0.2) is 0 Å². The van der Waals surface area contributed by atoms with E-state index in [1.165, 1.54) is 6.07 Å². The van der Waals surface area contributed by atoms with Crippen LogP contribution in [0.4, 0.5) is 0 Å². The van der Waals surface area contributed by atoms with Gasteiger partial charge in [-0.3, -0.25) is 8.75 Å². The molecule has 90 valence electrons. The predicted octanol–water partition coefficient (Wildman–Crippen LogP) is 1.78. The van der Waals surface area contributed by atoms with E-state index in [4.69, 9.17) is 16.5 Å². The Morgan fingerprint density at radius 1 is 1.50 bits per heavy atom. The standard InChI is InChI=1S/C8H10ClO5PS/c1-6-3-2-4-7(9)8(6)16(12,13)14-5-15(10)11/h2-4,15H,5H2,1H3,(H,10,11). The van der Waals surface area contributed by atoms with Gasteiger partial charge in [0.05, 0.1) is 5.02 Å². The molecule has 1 rings (SSSR count). The second-order valence-corrected chi connectivity index (χ2v) is 6.03. The molecule has 1 unspecified atom stereocenters. The summed E-state index contributed by atoms with van der Waals surface area (Å²) in [4.78, 5) is 8.36. The van der Waals surface area contributed by atoms with Crippen molar-refractivity contribution in [2.45, 2.75) is 11.8 Å². The van der Waals surface area contributed by atoms with Crippen LogP contribution in [0.3, 0.4) is 0 Å². The fourth-order valence-electron chi connectivity index (χ4n) is 1.12. The van der Waals surface area contributed by atoms with Crippen molar-refractivity contribution in [3.8, 4) is 0 Å². The Labute approximate surface area is 99.0 Å². The van der Waals surface area contributed by atoms with E-state index in [1.54, 1.807) is 19.1 Å². The Morgan fingerprint density at radius 2 is 2.12 bits per heavy atom. The van der Waals surface area contributed by atoms with Crippen LogP contribution in [0.1, 0.15) is 5.56 Å². The highest BCUT2D eigenvalue weighted by Crippen LogP contribution is 2.27. The fraction of sp³-hybridized carbons (Fsp3) is 0.250. The quantitative estimate of drug-likeness (QED) is 0.673. The van der Waals surface area contributed by atoms with Crippen LogP contribution in [0.25, 0.3) is 0 Å². The zero-order valence-electron chi connectivity index (χ0n) is 8.31. The first kappa shape index (κ1) is 13.7. The topological polar surface area (TPSA) is 80.7 Å². The summed E-state index contributed by atoms with van der Waals surface area (Å²) in [5.74, 6) is 0. The highest BCUT2D eigenvalue weighted by Gasteiger charge is 2.21. The van der Waals surface area contributed by atoms with E-state index in [-0.39, 0.29) is 9.92 Å². The van der Waals surface area contributed by atoms with Gasteiger partial charge in [0.2, 0.25) is 8.03 Å². The summed E-state index contributed by atoms with van der Waals surface area (Å²) in [6.07, 6.45) is -0.738. The van der Waals surface area contributed by atoms with Crippen LogP contribution in [0.15, 0.2) is 23.1 Å². The number of hydrogen-bond donors (Lipinski definition) is 1. The highest BCUT2D eigenvalue weighted by atomic mass is 35.5. The van der Waals surface area contributed by atoms with Gasteiger partial charge in [-0.1, -0.05) is 23.7 Å². The third-order valence-corrected chi connectivity index (χ3v) is 4.25. The molecule has 0 amide bonds. The molecule has 0 spiro atoms. The summed E-state index contributed by atoms with van der Waals surface area (Å²) in [7, 11) is -7.08. The largest absolute Gasteiger partial charge is 0.345 e. The molecule has 0 aromatic heterocycles. The summed E-state index contributed by atoms with van der Waals surface area (Å²) in [5.41, 5.74) is 0.421. The number of rotatable bonds is 4. The molecule has 0 bridgehead atoms. The van der Waals surface area contributed by atoms with E-state index in [1.807, 2.05) is 0 Å². The van der Waals surface area contributed by atoms with Gasteiger partial charge in [-0.25, -0.2) is 0 Å². The molecule has 5 nitrogen and oxygen atoms in total. The van der Waals surface area contributed by atoms with Gasteiger partial charge in [0.1, 0.15) is 11.2 Å². The molecule has 0 fully saturated rings. The van der Waals surface area contributed by atoms with Gasteiger partial charge >= 0.3 is 0 Å². The van der Waals surface area contributed by atoms with Crippen LogP contribution in [0, 0.1) is 6.92 Å². The Hall–Kier alpha value is -0.390. The van der Waals surface area contributed by atoms with Crippen molar-refractivity contribution in [1.82, 2.24) is 0 Å². The predicted molar refractivity (Wildman–Crippen MR) is 60.5 cm³/mol. The van der Waals surface area contributed by atoms with Gasteiger partial charge in [-0.05, 0) is 18.6 Å². The Morgan fingerprint density at radius 3 is 2.62 bits per heavy atom. The van der Waals surface area contributed by atoms with Crippen molar-refractivity contribution in [2.24, 2.45) is 0 Å². The third kappa shape index (κ3) is 3.30. The van der Waals surface area contributed by atoms with Crippen molar-refractivity contribution >= 4 is 29.7 Å². The first-order valence-electron chi connectivity index (χ1n) is 4.21. The van der Waals surface area contributed by atoms with E-state index < -0.39 is 24.5 Å².